The minimum absolute atomic E-state index is 0.0667. The van der Waals surface area contributed by atoms with Gasteiger partial charge in [-0.3, -0.25) is 4.72 Å². The van der Waals surface area contributed by atoms with Gasteiger partial charge in [-0.25, -0.2) is 13.1 Å². The van der Waals surface area contributed by atoms with Crippen LogP contribution in [-0.4, -0.2) is 23.4 Å². The summed E-state index contributed by atoms with van der Waals surface area (Å²) in [5.41, 5.74) is 1.52. The smallest absolute Gasteiger partial charge is 0.267 e. The Balaban J connectivity index is 1.95. The van der Waals surface area contributed by atoms with Crippen molar-refractivity contribution in [3.05, 3.63) is 54.2 Å². The molecular weight excluding hydrogens is 304 g/mol. The zero-order valence-corrected chi connectivity index (χ0v) is 12.8. The van der Waals surface area contributed by atoms with E-state index in [1.807, 2.05) is 6.07 Å². The minimum atomic E-state index is -3.75. The largest absolute Gasteiger partial charge is 0.360 e. The molecule has 0 spiro atoms. The van der Waals surface area contributed by atoms with Gasteiger partial charge in [0.15, 0.2) is 10.7 Å². The molecule has 2 aromatic heterocycles. The maximum atomic E-state index is 12.5. The van der Waals surface area contributed by atoms with E-state index in [0.29, 0.717) is 11.4 Å². The third-order valence-corrected chi connectivity index (χ3v) is 4.73. The molecule has 0 saturated heterocycles. The van der Waals surface area contributed by atoms with Crippen molar-refractivity contribution in [2.75, 3.05) is 4.72 Å². The van der Waals surface area contributed by atoms with Crippen LogP contribution in [0.3, 0.4) is 0 Å². The van der Waals surface area contributed by atoms with E-state index in [-0.39, 0.29) is 10.7 Å². The fraction of sp³-hybridized carbons (Fsp3) is 0.143. The van der Waals surface area contributed by atoms with E-state index in [9.17, 15) is 8.42 Å². The summed E-state index contributed by atoms with van der Waals surface area (Å²) in [5, 5.41) is 7.79. The Hall–Kier alpha value is -2.61. The molecule has 0 amide bonds. The van der Waals surface area contributed by atoms with Crippen LogP contribution in [0.15, 0.2) is 52.1 Å². The van der Waals surface area contributed by atoms with Crippen LogP contribution in [-0.2, 0) is 10.0 Å². The van der Waals surface area contributed by atoms with Crippen LogP contribution in [0.5, 0.6) is 0 Å². The lowest BCUT2D eigenvalue weighted by Crippen LogP contribution is -2.14. The fourth-order valence-electron chi connectivity index (χ4n) is 2.20. The molecule has 0 bridgehead atoms. The molecule has 0 atom stereocenters. The molecular formula is C14H14N4O3S. The Labute approximate surface area is 127 Å². The Morgan fingerprint density at radius 1 is 1.23 bits per heavy atom. The normalized spacial score (nSPS) is 11.5. The number of aryl methyl sites for hydroxylation is 2. The molecule has 114 valence electrons. The van der Waals surface area contributed by atoms with Gasteiger partial charge in [0.1, 0.15) is 5.69 Å². The molecule has 7 nitrogen and oxygen atoms in total. The van der Waals surface area contributed by atoms with Crippen molar-refractivity contribution < 1.29 is 12.9 Å². The van der Waals surface area contributed by atoms with Crippen molar-refractivity contribution >= 4 is 15.7 Å². The molecule has 0 aliphatic heterocycles. The van der Waals surface area contributed by atoms with Crippen molar-refractivity contribution in [2.24, 2.45) is 0 Å². The summed E-state index contributed by atoms with van der Waals surface area (Å²) in [7, 11) is -3.75. The predicted molar refractivity (Wildman–Crippen MR) is 80.3 cm³/mol. The number of nitrogens with zero attached hydrogens (tertiary/aromatic N) is 3. The van der Waals surface area contributed by atoms with Crippen molar-refractivity contribution in [3.63, 3.8) is 0 Å². The Bertz CT molecular complexity index is 879. The first-order valence-corrected chi connectivity index (χ1v) is 8.01. The summed E-state index contributed by atoms with van der Waals surface area (Å²) < 4.78 is 34.0. The standard InChI is InChI=1S/C14H14N4O3S/c1-10-14(11(2)21-16-10)22(19,20)17-12-5-3-6-13(9-12)18-8-4-7-15-18/h3-9,17H,1-2H3. The molecule has 3 aromatic rings. The highest BCUT2D eigenvalue weighted by atomic mass is 32.2. The third-order valence-electron chi connectivity index (χ3n) is 3.10. The van der Waals surface area contributed by atoms with Gasteiger partial charge in [-0.2, -0.15) is 5.10 Å². The summed E-state index contributed by atoms with van der Waals surface area (Å²) >= 11 is 0. The van der Waals surface area contributed by atoms with Crippen LogP contribution >= 0.6 is 0 Å². The molecule has 1 aromatic carbocycles. The summed E-state index contributed by atoms with van der Waals surface area (Å²) in [6.45, 7) is 3.15. The topological polar surface area (TPSA) is 90.0 Å². The van der Waals surface area contributed by atoms with E-state index in [4.69, 9.17) is 4.52 Å². The maximum Gasteiger partial charge on any atom is 0.267 e. The first-order valence-electron chi connectivity index (χ1n) is 6.53. The number of rotatable bonds is 4. The Morgan fingerprint density at radius 2 is 2.05 bits per heavy atom. The van der Waals surface area contributed by atoms with Crippen molar-refractivity contribution in [2.45, 2.75) is 18.7 Å². The van der Waals surface area contributed by atoms with Gasteiger partial charge in [-0.05, 0) is 38.1 Å². The van der Waals surface area contributed by atoms with Crippen molar-refractivity contribution in [3.8, 4) is 5.69 Å². The van der Waals surface area contributed by atoms with Gasteiger partial charge in [0, 0.05) is 12.4 Å². The molecule has 0 saturated carbocycles. The average molecular weight is 318 g/mol. The SMILES string of the molecule is Cc1noc(C)c1S(=O)(=O)Nc1cccc(-n2cccn2)c1. The molecule has 3 rings (SSSR count). The summed E-state index contributed by atoms with van der Waals surface area (Å²) in [4.78, 5) is 0.0667. The second kappa shape index (κ2) is 5.30. The number of hydrogen-bond donors (Lipinski definition) is 1. The van der Waals surface area contributed by atoms with E-state index < -0.39 is 10.0 Å². The molecule has 1 N–H and O–H groups in total. The molecule has 0 aliphatic rings. The van der Waals surface area contributed by atoms with E-state index in [2.05, 4.69) is 15.0 Å². The second-order valence-electron chi connectivity index (χ2n) is 4.76. The third kappa shape index (κ3) is 2.60. The number of benzene rings is 1. The van der Waals surface area contributed by atoms with E-state index in [1.165, 1.54) is 0 Å². The molecule has 0 unspecified atom stereocenters. The van der Waals surface area contributed by atoms with Gasteiger partial charge in [0.05, 0.1) is 11.4 Å². The van der Waals surface area contributed by atoms with Crippen LogP contribution in [0.2, 0.25) is 0 Å². The zero-order valence-electron chi connectivity index (χ0n) is 12.0. The number of aromatic nitrogens is 3. The molecule has 2 heterocycles. The fourth-order valence-corrected chi connectivity index (χ4v) is 3.58. The minimum Gasteiger partial charge on any atom is -0.360 e. The van der Waals surface area contributed by atoms with Crippen LogP contribution in [0.4, 0.5) is 5.69 Å². The highest BCUT2D eigenvalue weighted by molar-refractivity contribution is 7.92. The van der Waals surface area contributed by atoms with Crippen molar-refractivity contribution in [1.29, 1.82) is 0 Å². The number of anilines is 1. The second-order valence-corrected chi connectivity index (χ2v) is 6.38. The zero-order chi connectivity index (χ0) is 15.7. The molecule has 0 aliphatic carbocycles. The lowest BCUT2D eigenvalue weighted by molar-refractivity contribution is 0.390. The van der Waals surface area contributed by atoms with Gasteiger partial charge in [0.2, 0.25) is 0 Å². The monoisotopic (exact) mass is 318 g/mol. The molecule has 0 radical (unpaired) electrons. The lowest BCUT2D eigenvalue weighted by atomic mass is 10.3. The number of sulfonamides is 1. The molecule has 0 fully saturated rings. The van der Waals surface area contributed by atoms with Gasteiger partial charge in [-0.15, -0.1) is 0 Å². The number of nitrogens with one attached hydrogen (secondary N) is 1. The van der Waals surface area contributed by atoms with Crippen LogP contribution in [0, 0.1) is 13.8 Å². The van der Waals surface area contributed by atoms with Crippen LogP contribution in [0.1, 0.15) is 11.5 Å². The molecule has 8 heteroatoms. The van der Waals surface area contributed by atoms with Gasteiger partial charge < -0.3 is 4.52 Å². The van der Waals surface area contributed by atoms with Gasteiger partial charge >= 0.3 is 0 Å². The van der Waals surface area contributed by atoms with Gasteiger partial charge in [-0.1, -0.05) is 11.2 Å². The van der Waals surface area contributed by atoms with E-state index in [0.717, 1.165) is 5.69 Å². The van der Waals surface area contributed by atoms with E-state index >= 15 is 0 Å². The van der Waals surface area contributed by atoms with Gasteiger partial charge in [0.25, 0.3) is 10.0 Å². The van der Waals surface area contributed by atoms with Crippen molar-refractivity contribution in [1.82, 2.24) is 14.9 Å². The summed E-state index contributed by atoms with van der Waals surface area (Å²) in [6.07, 6.45) is 3.43. The quantitative estimate of drug-likeness (QED) is 0.797. The summed E-state index contributed by atoms with van der Waals surface area (Å²) in [6, 6.07) is 8.75. The summed E-state index contributed by atoms with van der Waals surface area (Å²) in [5.74, 6) is 0.258. The highest BCUT2D eigenvalue weighted by Gasteiger charge is 2.24. The first kappa shape index (κ1) is 14.3. The van der Waals surface area contributed by atoms with Crippen LogP contribution < -0.4 is 4.72 Å². The number of hydrogen-bond acceptors (Lipinski definition) is 5. The predicted octanol–water partition coefficient (Wildman–Crippen LogP) is 2.28. The average Bonchev–Trinajstić information content (AvgIpc) is 3.09. The molecule has 22 heavy (non-hydrogen) atoms. The highest BCUT2D eigenvalue weighted by Crippen LogP contribution is 2.23. The Kier molecular flexibility index (Phi) is 3.45. The van der Waals surface area contributed by atoms with Crippen LogP contribution in [0.25, 0.3) is 5.69 Å². The Morgan fingerprint density at radius 3 is 2.68 bits per heavy atom. The maximum absolute atomic E-state index is 12.5. The van der Waals surface area contributed by atoms with E-state index in [1.54, 1.807) is 55.2 Å². The lowest BCUT2D eigenvalue weighted by Gasteiger charge is -2.09. The first-order chi connectivity index (χ1) is 10.5.